The minimum absolute atomic E-state index is 0.0196. The van der Waals surface area contributed by atoms with Gasteiger partial charge in [0, 0.05) is 47.9 Å². The summed E-state index contributed by atoms with van der Waals surface area (Å²) < 4.78 is 0. The number of benzene rings is 3. The highest BCUT2D eigenvalue weighted by Crippen LogP contribution is 2.30. The number of aromatic hydroxyl groups is 1. The SMILES string of the molecule is Cc1ccc(C(=O)Cc2cccc(O)c2NC(=O)c2ccc(N3CCCN(C)CC3)cc2)cc1Cl. The third-order valence-corrected chi connectivity index (χ3v) is 6.83. The van der Waals surface area contributed by atoms with E-state index in [1.807, 2.05) is 19.1 Å². The molecular weight excluding hydrogens is 462 g/mol. The third-order valence-electron chi connectivity index (χ3n) is 6.43. The van der Waals surface area contributed by atoms with Gasteiger partial charge in [-0.1, -0.05) is 35.9 Å². The van der Waals surface area contributed by atoms with E-state index in [1.54, 1.807) is 42.5 Å². The van der Waals surface area contributed by atoms with E-state index in [1.165, 1.54) is 6.07 Å². The first-order valence-electron chi connectivity index (χ1n) is 11.8. The highest BCUT2D eigenvalue weighted by atomic mass is 35.5. The van der Waals surface area contributed by atoms with Gasteiger partial charge in [0.25, 0.3) is 5.91 Å². The standard InChI is InChI=1S/C28H30ClN3O3/c1-19-7-8-21(17-24(19)29)26(34)18-22-5-3-6-25(33)27(22)30-28(35)20-9-11-23(12-10-20)32-14-4-13-31(2)15-16-32/h3,5-12,17,33H,4,13-16,18H2,1-2H3,(H,30,35). The number of Topliss-reactive ketones (excluding diaryl/α,β-unsaturated/α-hetero) is 1. The number of phenolic OH excluding ortho intramolecular Hbond substituents is 1. The quantitative estimate of drug-likeness (QED) is 0.367. The van der Waals surface area contributed by atoms with E-state index >= 15 is 0 Å². The summed E-state index contributed by atoms with van der Waals surface area (Å²) in [6.07, 6.45) is 1.12. The van der Waals surface area contributed by atoms with Crippen LogP contribution in [-0.2, 0) is 6.42 Å². The summed E-state index contributed by atoms with van der Waals surface area (Å²) >= 11 is 6.17. The Labute approximate surface area is 211 Å². The first kappa shape index (κ1) is 24.8. The molecule has 0 saturated carbocycles. The predicted octanol–water partition coefficient (Wildman–Crippen LogP) is 5.17. The Hall–Kier alpha value is -3.35. The number of anilines is 2. The van der Waals surface area contributed by atoms with E-state index in [9.17, 15) is 14.7 Å². The van der Waals surface area contributed by atoms with Crippen LogP contribution < -0.4 is 10.2 Å². The number of para-hydroxylation sites is 1. The highest BCUT2D eigenvalue weighted by molar-refractivity contribution is 6.31. The molecule has 0 spiro atoms. The van der Waals surface area contributed by atoms with Gasteiger partial charge in [-0.3, -0.25) is 9.59 Å². The van der Waals surface area contributed by atoms with E-state index in [0.717, 1.165) is 43.9 Å². The van der Waals surface area contributed by atoms with Gasteiger partial charge in [0.05, 0.1) is 5.69 Å². The Bertz CT molecular complexity index is 1230. The summed E-state index contributed by atoms with van der Waals surface area (Å²) in [7, 11) is 2.13. The Balaban J connectivity index is 1.48. The van der Waals surface area contributed by atoms with Crippen molar-refractivity contribution in [1.82, 2.24) is 4.90 Å². The average molecular weight is 492 g/mol. The van der Waals surface area contributed by atoms with E-state index < -0.39 is 0 Å². The van der Waals surface area contributed by atoms with Crippen LogP contribution in [0.1, 0.15) is 38.3 Å². The van der Waals surface area contributed by atoms with Crippen molar-refractivity contribution in [1.29, 1.82) is 0 Å². The Kier molecular flexibility index (Phi) is 7.73. The number of rotatable bonds is 6. The Morgan fingerprint density at radius 2 is 1.71 bits per heavy atom. The molecule has 6 nitrogen and oxygen atoms in total. The molecule has 1 saturated heterocycles. The summed E-state index contributed by atoms with van der Waals surface area (Å²) in [5.74, 6) is -0.586. The Morgan fingerprint density at radius 1 is 0.971 bits per heavy atom. The maximum Gasteiger partial charge on any atom is 0.255 e. The zero-order valence-corrected chi connectivity index (χ0v) is 20.8. The molecule has 3 aromatic carbocycles. The maximum absolute atomic E-state index is 13.0. The van der Waals surface area contributed by atoms with Gasteiger partial charge >= 0.3 is 0 Å². The lowest BCUT2D eigenvalue weighted by Crippen LogP contribution is -2.28. The molecule has 0 unspecified atom stereocenters. The molecule has 0 aliphatic carbocycles. The fraction of sp³-hybridized carbons (Fsp3) is 0.286. The number of aryl methyl sites for hydroxylation is 1. The molecule has 1 fully saturated rings. The van der Waals surface area contributed by atoms with Gasteiger partial charge in [0.1, 0.15) is 5.75 Å². The van der Waals surface area contributed by atoms with Gasteiger partial charge in [0.2, 0.25) is 0 Å². The Morgan fingerprint density at radius 3 is 2.46 bits per heavy atom. The minimum Gasteiger partial charge on any atom is -0.506 e. The smallest absolute Gasteiger partial charge is 0.255 e. The predicted molar refractivity (Wildman–Crippen MR) is 141 cm³/mol. The number of phenols is 1. The van der Waals surface area contributed by atoms with Crippen LogP contribution in [0.5, 0.6) is 5.75 Å². The van der Waals surface area contributed by atoms with Crippen molar-refractivity contribution < 1.29 is 14.7 Å². The van der Waals surface area contributed by atoms with Crippen LogP contribution in [0.2, 0.25) is 5.02 Å². The molecule has 7 heteroatoms. The van der Waals surface area contributed by atoms with Gasteiger partial charge in [-0.25, -0.2) is 0 Å². The molecular formula is C28H30ClN3O3. The van der Waals surface area contributed by atoms with Crippen LogP contribution in [0, 0.1) is 6.92 Å². The molecule has 35 heavy (non-hydrogen) atoms. The fourth-order valence-electron chi connectivity index (χ4n) is 4.23. The molecule has 0 radical (unpaired) electrons. The van der Waals surface area contributed by atoms with Gasteiger partial charge in [-0.2, -0.15) is 0 Å². The number of hydrogen-bond acceptors (Lipinski definition) is 5. The van der Waals surface area contributed by atoms with Gasteiger partial charge in [-0.05, 0) is 74.5 Å². The van der Waals surface area contributed by atoms with Crippen LogP contribution in [0.25, 0.3) is 0 Å². The summed E-state index contributed by atoms with van der Waals surface area (Å²) in [5, 5.41) is 13.8. The van der Waals surface area contributed by atoms with Crippen LogP contribution >= 0.6 is 11.6 Å². The highest BCUT2D eigenvalue weighted by Gasteiger charge is 2.18. The lowest BCUT2D eigenvalue weighted by atomic mass is 10.00. The monoisotopic (exact) mass is 491 g/mol. The molecule has 182 valence electrons. The van der Waals surface area contributed by atoms with E-state index in [2.05, 4.69) is 22.2 Å². The number of likely N-dealkylation sites (N-methyl/N-ethyl adjacent to an activating group) is 1. The molecule has 1 aliphatic heterocycles. The first-order chi connectivity index (χ1) is 16.8. The first-order valence-corrected chi connectivity index (χ1v) is 12.1. The number of carbonyl (C=O) groups is 2. The van der Waals surface area contributed by atoms with Crippen LogP contribution in [-0.4, -0.2) is 54.9 Å². The summed E-state index contributed by atoms with van der Waals surface area (Å²) in [4.78, 5) is 30.5. The summed E-state index contributed by atoms with van der Waals surface area (Å²) in [5.41, 5.74) is 3.71. The molecule has 2 N–H and O–H groups in total. The number of carbonyl (C=O) groups excluding carboxylic acids is 2. The minimum atomic E-state index is -0.347. The van der Waals surface area contributed by atoms with Crippen molar-refractivity contribution >= 4 is 34.7 Å². The zero-order chi connectivity index (χ0) is 24.9. The maximum atomic E-state index is 13.0. The second kappa shape index (κ2) is 10.9. The molecule has 3 aromatic rings. The summed E-state index contributed by atoms with van der Waals surface area (Å²) in [6, 6.07) is 17.5. The second-order valence-corrected chi connectivity index (χ2v) is 9.43. The second-order valence-electron chi connectivity index (χ2n) is 9.02. The van der Waals surface area contributed by atoms with Crippen molar-refractivity contribution in [3.63, 3.8) is 0 Å². The number of hydrogen-bond donors (Lipinski definition) is 2. The average Bonchev–Trinajstić information content (AvgIpc) is 3.07. The molecule has 0 bridgehead atoms. The van der Waals surface area contributed by atoms with Gasteiger partial charge in [0.15, 0.2) is 5.78 Å². The van der Waals surface area contributed by atoms with Crippen molar-refractivity contribution in [2.45, 2.75) is 19.8 Å². The lowest BCUT2D eigenvalue weighted by Gasteiger charge is -2.23. The topological polar surface area (TPSA) is 72.9 Å². The number of nitrogens with zero attached hydrogens (tertiary/aromatic N) is 2. The van der Waals surface area contributed by atoms with E-state index in [4.69, 9.17) is 11.6 Å². The van der Waals surface area contributed by atoms with Gasteiger partial charge in [-0.15, -0.1) is 0 Å². The van der Waals surface area contributed by atoms with Crippen molar-refractivity contribution in [3.8, 4) is 5.75 Å². The van der Waals surface area contributed by atoms with E-state index in [-0.39, 0.29) is 29.5 Å². The number of ketones is 1. The number of amides is 1. The molecule has 0 atom stereocenters. The fourth-order valence-corrected chi connectivity index (χ4v) is 4.41. The number of halogens is 1. The lowest BCUT2D eigenvalue weighted by molar-refractivity contribution is 0.0989. The molecule has 0 aromatic heterocycles. The van der Waals surface area contributed by atoms with Crippen LogP contribution in [0.15, 0.2) is 60.7 Å². The van der Waals surface area contributed by atoms with Crippen molar-refractivity contribution in [2.24, 2.45) is 0 Å². The van der Waals surface area contributed by atoms with Crippen molar-refractivity contribution in [2.75, 3.05) is 43.4 Å². The zero-order valence-electron chi connectivity index (χ0n) is 20.1. The normalized spacial score (nSPS) is 14.4. The third kappa shape index (κ3) is 6.02. The summed E-state index contributed by atoms with van der Waals surface area (Å²) in [6.45, 7) is 5.89. The molecule has 1 amide bonds. The largest absolute Gasteiger partial charge is 0.506 e. The molecule has 4 rings (SSSR count). The van der Waals surface area contributed by atoms with Crippen molar-refractivity contribution in [3.05, 3.63) is 87.9 Å². The van der Waals surface area contributed by atoms with Crippen LogP contribution in [0.3, 0.4) is 0 Å². The van der Waals surface area contributed by atoms with Gasteiger partial charge < -0.3 is 20.2 Å². The van der Waals surface area contributed by atoms with Crippen LogP contribution in [0.4, 0.5) is 11.4 Å². The number of nitrogens with one attached hydrogen (secondary N) is 1. The molecule has 1 heterocycles. The molecule has 1 aliphatic rings. The van der Waals surface area contributed by atoms with E-state index in [0.29, 0.717) is 21.7 Å².